The van der Waals surface area contributed by atoms with Gasteiger partial charge in [0.2, 0.25) is 5.91 Å². The second kappa shape index (κ2) is 7.18. The first-order valence-corrected chi connectivity index (χ1v) is 9.34. The fraction of sp³-hybridized carbons (Fsp3) is 0.0625. The first kappa shape index (κ1) is 16.6. The van der Waals surface area contributed by atoms with Crippen molar-refractivity contribution in [3.8, 4) is 11.3 Å². The standard InChI is InChI=1S/C16H11FN6OS2/c17-10-3-1-9(2-4-10)11-5-26-16(22-11)23-12(24)6-25-15-13-14(19-7-18-13)20-8-21-15/h1-5,7-8H,6H2,(H,22,23,24)(H,18,19,20,21). The lowest BCUT2D eigenvalue weighted by atomic mass is 10.2. The van der Waals surface area contributed by atoms with Crippen molar-refractivity contribution < 1.29 is 9.18 Å². The number of H-pyrrole nitrogens is 1. The summed E-state index contributed by atoms with van der Waals surface area (Å²) in [6, 6.07) is 6.05. The number of benzene rings is 1. The molecule has 0 radical (unpaired) electrons. The molecule has 0 atom stereocenters. The molecule has 0 saturated heterocycles. The van der Waals surface area contributed by atoms with Crippen molar-refractivity contribution in [3.63, 3.8) is 0 Å². The lowest BCUT2D eigenvalue weighted by molar-refractivity contribution is -0.113. The Morgan fingerprint density at radius 1 is 1.23 bits per heavy atom. The van der Waals surface area contributed by atoms with Crippen LogP contribution in [-0.4, -0.2) is 36.6 Å². The van der Waals surface area contributed by atoms with E-state index < -0.39 is 0 Å². The van der Waals surface area contributed by atoms with Gasteiger partial charge in [-0.25, -0.2) is 24.3 Å². The molecule has 130 valence electrons. The van der Waals surface area contributed by atoms with E-state index in [1.807, 2.05) is 5.38 Å². The third-order valence-electron chi connectivity index (χ3n) is 3.42. The summed E-state index contributed by atoms with van der Waals surface area (Å²) in [5.74, 6) is -0.316. The van der Waals surface area contributed by atoms with E-state index in [4.69, 9.17) is 0 Å². The number of nitrogens with zero attached hydrogens (tertiary/aromatic N) is 4. The molecule has 4 aromatic rings. The number of carbonyl (C=O) groups excluding carboxylic acids is 1. The summed E-state index contributed by atoms with van der Waals surface area (Å²) in [6.07, 6.45) is 2.95. The Labute approximate surface area is 155 Å². The van der Waals surface area contributed by atoms with Gasteiger partial charge < -0.3 is 10.3 Å². The minimum atomic E-state index is -0.300. The lowest BCUT2D eigenvalue weighted by Crippen LogP contribution is -2.14. The Bertz CT molecular complexity index is 1060. The number of carbonyl (C=O) groups is 1. The van der Waals surface area contributed by atoms with E-state index >= 15 is 0 Å². The van der Waals surface area contributed by atoms with Gasteiger partial charge in [-0.2, -0.15) is 0 Å². The van der Waals surface area contributed by atoms with E-state index in [9.17, 15) is 9.18 Å². The van der Waals surface area contributed by atoms with Crippen molar-refractivity contribution in [3.05, 3.63) is 48.1 Å². The molecule has 0 unspecified atom stereocenters. The van der Waals surface area contributed by atoms with Crippen LogP contribution in [0.4, 0.5) is 9.52 Å². The van der Waals surface area contributed by atoms with Crippen molar-refractivity contribution >= 4 is 45.3 Å². The number of hydrogen-bond acceptors (Lipinski definition) is 7. The molecule has 1 aromatic carbocycles. The minimum Gasteiger partial charge on any atom is -0.341 e. The molecule has 0 aliphatic carbocycles. The number of nitrogens with one attached hydrogen (secondary N) is 2. The van der Waals surface area contributed by atoms with Crippen LogP contribution in [0.25, 0.3) is 22.4 Å². The molecule has 0 bridgehead atoms. The average molecular weight is 386 g/mol. The minimum absolute atomic E-state index is 0.177. The highest BCUT2D eigenvalue weighted by Crippen LogP contribution is 2.26. The van der Waals surface area contributed by atoms with Crippen LogP contribution in [0.15, 0.2) is 47.3 Å². The van der Waals surface area contributed by atoms with E-state index in [-0.39, 0.29) is 17.5 Å². The lowest BCUT2D eigenvalue weighted by Gasteiger charge is -2.02. The quantitative estimate of drug-likeness (QED) is 0.403. The van der Waals surface area contributed by atoms with Crippen molar-refractivity contribution in [2.24, 2.45) is 0 Å². The van der Waals surface area contributed by atoms with Gasteiger partial charge >= 0.3 is 0 Å². The van der Waals surface area contributed by atoms with Gasteiger partial charge in [-0.15, -0.1) is 11.3 Å². The predicted octanol–water partition coefficient (Wildman–Crippen LogP) is 3.35. The van der Waals surface area contributed by atoms with Crippen LogP contribution in [0, 0.1) is 5.82 Å². The van der Waals surface area contributed by atoms with Crippen LogP contribution in [0.5, 0.6) is 0 Å². The van der Waals surface area contributed by atoms with Crippen molar-refractivity contribution in [1.82, 2.24) is 24.9 Å². The second-order valence-corrected chi connectivity index (χ2v) is 6.98. The molecule has 1 amide bonds. The zero-order chi connectivity index (χ0) is 17.9. The van der Waals surface area contributed by atoms with Crippen LogP contribution in [0.2, 0.25) is 0 Å². The van der Waals surface area contributed by atoms with Crippen LogP contribution in [0.3, 0.4) is 0 Å². The van der Waals surface area contributed by atoms with Gasteiger partial charge in [-0.3, -0.25) is 4.79 Å². The summed E-state index contributed by atoms with van der Waals surface area (Å²) in [5.41, 5.74) is 2.75. The van der Waals surface area contributed by atoms with Crippen LogP contribution in [0.1, 0.15) is 0 Å². The number of amides is 1. The molecule has 3 aromatic heterocycles. The molecular weight excluding hydrogens is 375 g/mol. The van der Waals surface area contributed by atoms with E-state index in [1.165, 1.54) is 47.9 Å². The summed E-state index contributed by atoms with van der Waals surface area (Å²) >= 11 is 2.60. The highest BCUT2D eigenvalue weighted by atomic mass is 32.2. The smallest absolute Gasteiger partial charge is 0.236 e. The molecule has 0 spiro atoms. The number of halogens is 1. The Hall–Kier alpha value is -2.85. The molecule has 26 heavy (non-hydrogen) atoms. The third-order valence-corrected chi connectivity index (χ3v) is 5.17. The van der Waals surface area contributed by atoms with E-state index in [0.717, 1.165) is 5.56 Å². The largest absolute Gasteiger partial charge is 0.341 e. The molecule has 3 heterocycles. The van der Waals surface area contributed by atoms with Crippen LogP contribution < -0.4 is 5.32 Å². The van der Waals surface area contributed by atoms with Crippen LogP contribution in [-0.2, 0) is 4.79 Å². The zero-order valence-corrected chi connectivity index (χ0v) is 14.8. The summed E-state index contributed by atoms with van der Waals surface area (Å²) in [6.45, 7) is 0. The van der Waals surface area contributed by atoms with Gasteiger partial charge in [-0.05, 0) is 24.3 Å². The molecule has 0 saturated carbocycles. The molecule has 10 heteroatoms. The number of imidazole rings is 1. The maximum absolute atomic E-state index is 13.0. The topological polar surface area (TPSA) is 96.5 Å². The molecule has 0 aliphatic heterocycles. The SMILES string of the molecule is O=C(CSc1ncnc2nc[nH]c12)Nc1nc(-c2ccc(F)cc2)cs1. The fourth-order valence-electron chi connectivity index (χ4n) is 2.23. The van der Waals surface area contributed by atoms with Crippen molar-refractivity contribution in [2.45, 2.75) is 5.03 Å². The zero-order valence-electron chi connectivity index (χ0n) is 13.1. The number of thioether (sulfide) groups is 1. The Balaban J connectivity index is 1.39. The molecule has 0 fully saturated rings. The first-order valence-electron chi connectivity index (χ1n) is 7.47. The molecule has 0 aliphatic rings. The van der Waals surface area contributed by atoms with Gasteiger partial charge in [0, 0.05) is 10.9 Å². The highest BCUT2D eigenvalue weighted by molar-refractivity contribution is 8.00. The number of aromatic amines is 1. The molecule has 2 N–H and O–H groups in total. The van der Waals surface area contributed by atoms with Crippen molar-refractivity contribution in [2.75, 3.05) is 11.1 Å². The number of thiazole rings is 1. The number of fused-ring (bicyclic) bond motifs is 1. The normalized spacial score (nSPS) is 11.0. The Morgan fingerprint density at radius 3 is 2.92 bits per heavy atom. The highest BCUT2D eigenvalue weighted by Gasteiger charge is 2.11. The summed E-state index contributed by atoms with van der Waals surface area (Å²) < 4.78 is 13.0. The van der Waals surface area contributed by atoms with E-state index in [2.05, 4.69) is 30.2 Å². The number of aromatic nitrogens is 5. The van der Waals surface area contributed by atoms with Gasteiger partial charge in [0.1, 0.15) is 22.7 Å². The summed E-state index contributed by atoms with van der Waals surface area (Å²) in [7, 11) is 0. The summed E-state index contributed by atoms with van der Waals surface area (Å²) in [4.78, 5) is 31.7. The fourth-order valence-corrected chi connectivity index (χ4v) is 3.72. The number of anilines is 1. The van der Waals surface area contributed by atoms with Crippen molar-refractivity contribution in [1.29, 1.82) is 0 Å². The maximum atomic E-state index is 13.0. The second-order valence-electron chi connectivity index (χ2n) is 5.16. The van der Waals surface area contributed by atoms with E-state index in [0.29, 0.717) is 27.0 Å². The van der Waals surface area contributed by atoms with Crippen LogP contribution >= 0.6 is 23.1 Å². The monoisotopic (exact) mass is 386 g/mol. The third kappa shape index (κ3) is 3.55. The number of rotatable bonds is 5. The van der Waals surface area contributed by atoms with Gasteiger partial charge in [0.15, 0.2) is 10.8 Å². The number of hydrogen-bond donors (Lipinski definition) is 2. The Kier molecular flexibility index (Phi) is 4.59. The van der Waals surface area contributed by atoms with Gasteiger partial charge in [0.05, 0.1) is 17.8 Å². The molecular formula is C16H11FN6OS2. The molecule has 7 nitrogen and oxygen atoms in total. The predicted molar refractivity (Wildman–Crippen MR) is 98.5 cm³/mol. The van der Waals surface area contributed by atoms with E-state index in [1.54, 1.807) is 12.1 Å². The maximum Gasteiger partial charge on any atom is 0.236 e. The average Bonchev–Trinajstić information content (AvgIpc) is 3.30. The summed E-state index contributed by atoms with van der Waals surface area (Å²) in [5, 5.41) is 5.72. The first-order chi connectivity index (χ1) is 12.7. The molecule has 4 rings (SSSR count). The van der Waals surface area contributed by atoms with Gasteiger partial charge in [0.25, 0.3) is 0 Å². The Morgan fingerprint density at radius 2 is 2.08 bits per heavy atom. The van der Waals surface area contributed by atoms with Gasteiger partial charge in [-0.1, -0.05) is 11.8 Å².